The van der Waals surface area contributed by atoms with Crippen LogP contribution in [0.1, 0.15) is 51.6 Å². The molecule has 0 saturated heterocycles. The highest BCUT2D eigenvalue weighted by Crippen LogP contribution is 2.38. The van der Waals surface area contributed by atoms with E-state index in [-0.39, 0.29) is 16.4 Å². The summed E-state index contributed by atoms with van der Waals surface area (Å²) >= 11 is 0. The van der Waals surface area contributed by atoms with Gasteiger partial charge in [-0.15, -0.1) is 0 Å². The standard InChI is InChI=1S/C15H26N2O3S/c1-5-16-10-12-9-13(11(2)20-12)21(18,19)17-14-7-6-8-15(14,3)4/h9,14,16-17H,5-8,10H2,1-4H3. The molecule has 1 heterocycles. The maximum absolute atomic E-state index is 12.6. The van der Waals surface area contributed by atoms with Gasteiger partial charge in [-0.1, -0.05) is 27.2 Å². The molecule has 1 fully saturated rings. The largest absolute Gasteiger partial charge is 0.464 e. The zero-order valence-corrected chi connectivity index (χ0v) is 14.1. The Labute approximate surface area is 127 Å². The van der Waals surface area contributed by atoms with Gasteiger partial charge in [-0.2, -0.15) is 0 Å². The predicted molar refractivity (Wildman–Crippen MR) is 82.6 cm³/mol. The third kappa shape index (κ3) is 3.67. The average molecular weight is 314 g/mol. The first kappa shape index (κ1) is 16.5. The van der Waals surface area contributed by atoms with E-state index in [1.807, 2.05) is 6.92 Å². The van der Waals surface area contributed by atoms with Crippen LogP contribution in [0.3, 0.4) is 0 Å². The highest BCUT2D eigenvalue weighted by Gasteiger charge is 2.38. The van der Waals surface area contributed by atoms with Crippen molar-refractivity contribution in [2.45, 2.75) is 64.4 Å². The Kier molecular flexibility index (Phi) is 4.80. The van der Waals surface area contributed by atoms with Gasteiger partial charge in [0.2, 0.25) is 10.0 Å². The fourth-order valence-electron chi connectivity index (χ4n) is 2.92. The summed E-state index contributed by atoms with van der Waals surface area (Å²) in [4.78, 5) is 0.262. The van der Waals surface area contributed by atoms with Crippen LogP contribution >= 0.6 is 0 Å². The Morgan fingerprint density at radius 3 is 2.71 bits per heavy atom. The van der Waals surface area contributed by atoms with Crippen molar-refractivity contribution >= 4 is 10.0 Å². The first-order chi connectivity index (χ1) is 9.76. The summed E-state index contributed by atoms with van der Waals surface area (Å²) in [6.45, 7) is 9.29. The number of aryl methyl sites for hydroxylation is 1. The lowest BCUT2D eigenvalue weighted by Crippen LogP contribution is -2.41. The highest BCUT2D eigenvalue weighted by molar-refractivity contribution is 7.89. The Bertz CT molecular complexity index is 590. The van der Waals surface area contributed by atoms with Crippen LogP contribution in [-0.2, 0) is 16.6 Å². The molecule has 2 N–H and O–H groups in total. The third-order valence-electron chi connectivity index (χ3n) is 4.32. The second-order valence-electron chi connectivity index (χ2n) is 6.47. The van der Waals surface area contributed by atoms with E-state index in [9.17, 15) is 8.42 Å². The molecule has 1 aliphatic rings. The van der Waals surface area contributed by atoms with Gasteiger partial charge in [0.15, 0.2) is 0 Å². The number of furan rings is 1. The van der Waals surface area contributed by atoms with Crippen LogP contribution in [-0.4, -0.2) is 21.0 Å². The van der Waals surface area contributed by atoms with Crippen LogP contribution < -0.4 is 10.0 Å². The van der Waals surface area contributed by atoms with Crippen molar-refractivity contribution in [3.63, 3.8) is 0 Å². The van der Waals surface area contributed by atoms with Gasteiger partial charge in [-0.3, -0.25) is 0 Å². The van der Waals surface area contributed by atoms with Crippen molar-refractivity contribution in [1.82, 2.24) is 10.0 Å². The summed E-state index contributed by atoms with van der Waals surface area (Å²) in [5.74, 6) is 1.10. The third-order valence-corrected chi connectivity index (χ3v) is 5.90. The molecule has 1 saturated carbocycles. The van der Waals surface area contributed by atoms with Crippen LogP contribution in [0.5, 0.6) is 0 Å². The zero-order valence-electron chi connectivity index (χ0n) is 13.3. The molecule has 0 spiro atoms. The van der Waals surface area contributed by atoms with E-state index in [0.717, 1.165) is 25.8 Å². The molecule has 1 aromatic heterocycles. The van der Waals surface area contributed by atoms with Crippen molar-refractivity contribution in [1.29, 1.82) is 0 Å². The fraction of sp³-hybridized carbons (Fsp3) is 0.733. The van der Waals surface area contributed by atoms with Crippen LogP contribution in [0, 0.1) is 12.3 Å². The summed E-state index contributed by atoms with van der Waals surface area (Å²) < 4.78 is 33.6. The average Bonchev–Trinajstić information content (AvgIpc) is 2.90. The molecule has 1 unspecified atom stereocenters. The van der Waals surface area contributed by atoms with E-state index in [1.165, 1.54) is 0 Å². The highest BCUT2D eigenvalue weighted by atomic mass is 32.2. The summed E-state index contributed by atoms with van der Waals surface area (Å²) in [5, 5.41) is 3.13. The summed E-state index contributed by atoms with van der Waals surface area (Å²) in [6, 6.07) is 1.62. The molecule has 0 aliphatic heterocycles. The van der Waals surface area contributed by atoms with Crippen LogP contribution in [0.2, 0.25) is 0 Å². The molecule has 1 atom stereocenters. The molecule has 6 heteroatoms. The summed E-state index contributed by atoms with van der Waals surface area (Å²) in [6.07, 6.45) is 3.01. The molecule has 0 bridgehead atoms. The van der Waals surface area contributed by atoms with Gasteiger partial charge in [0.25, 0.3) is 0 Å². The number of hydrogen-bond acceptors (Lipinski definition) is 4. The minimum absolute atomic E-state index is 0.00554. The monoisotopic (exact) mass is 314 g/mol. The number of sulfonamides is 1. The first-order valence-corrected chi connectivity index (χ1v) is 9.07. The zero-order chi connectivity index (χ0) is 15.7. The van der Waals surface area contributed by atoms with E-state index in [2.05, 4.69) is 23.9 Å². The molecular weight excluding hydrogens is 288 g/mol. The van der Waals surface area contributed by atoms with Crippen molar-refractivity contribution < 1.29 is 12.8 Å². The molecule has 1 aromatic rings. The van der Waals surface area contributed by atoms with Crippen LogP contribution in [0.15, 0.2) is 15.4 Å². The van der Waals surface area contributed by atoms with Crippen molar-refractivity contribution in [2.75, 3.05) is 6.54 Å². The number of rotatable bonds is 6. The van der Waals surface area contributed by atoms with Crippen LogP contribution in [0.25, 0.3) is 0 Å². The molecule has 120 valence electrons. The van der Waals surface area contributed by atoms with E-state index in [1.54, 1.807) is 13.0 Å². The smallest absolute Gasteiger partial charge is 0.244 e. The quantitative estimate of drug-likeness (QED) is 0.846. The lowest BCUT2D eigenvalue weighted by molar-refractivity contribution is 0.312. The Morgan fingerprint density at radius 1 is 1.43 bits per heavy atom. The van der Waals surface area contributed by atoms with E-state index in [4.69, 9.17) is 4.42 Å². The van der Waals surface area contributed by atoms with Crippen molar-refractivity contribution in [3.8, 4) is 0 Å². The maximum atomic E-state index is 12.6. The Morgan fingerprint density at radius 2 is 2.14 bits per heavy atom. The maximum Gasteiger partial charge on any atom is 0.244 e. The molecule has 2 rings (SSSR count). The van der Waals surface area contributed by atoms with Gasteiger partial charge in [-0.25, -0.2) is 13.1 Å². The van der Waals surface area contributed by atoms with Gasteiger partial charge in [0, 0.05) is 12.1 Å². The molecular formula is C15H26N2O3S. The molecule has 0 aromatic carbocycles. The Balaban J connectivity index is 2.18. The number of hydrogen-bond donors (Lipinski definition) is 2. The summed E-state index contributed by atoms with van der Waals surface area (Å²) in [5.41, 5.74) is 0.0112. The fourth-order valence-corrected chi connectivity index (χ4v) is 4.57. The lowest BCUT2D eigenvalue weighted by Gasteiger charge is -2.27. The van der Waals surface area contributed by atoms with Gasteiger partial charge in [0.05, 0.1) is 6.54 Å². The van der Waals surface area contributed by atoms with E-state index >= 15 is 0 Å². The van der Waals surface area contributed by atoms with Gasteiger partial charge in [-0.05, 0) is 31.7 Å². The molecule has 1 aliphatic carbocycles. The molecule has 0 amide bonds. The second-order valence-corrected chi connectivity index (χ2v) is 8.15. The van der Waals surface area contributed by atoms with E-state index < -0.39 is 10.0 Å². The predicted octanol–water partition coefficient (Wildman–Crippen LogP) is 2.55. The van der Waals surface area contributed by atoms with Gasteiger partial charge >= 0.3 is 0 Å². The molecule has 0 radical (unpaired) electrons. The minimum atomic E-state index is -3.52. The SMILES string of the molecule is CCNCc1cc(S(=O)(=O)NC2CCCC2(C)C)c(C)o1. The lowest BCUT2D eigenvalue weighted by atomic mass is 9.88. The topological polar surface area (TPSA) is 71.3 Å². The van der Waals surface area contributed by atoms with Gasteiger partial charge < -0.3 is 9.73 Å². The van der Waals surface area contributed by atoms with Gasteiger partial charge in [0.1, 0.15) is 16.4 Å². The normalized spacial score (nSPS) is 21.8. The Hall–Kier alpha value is -0.850. The molecule has 21 heavy (non-hydrogen) atoms. The van der Waals surface area contributed by atoms with Crippen LogP contribution in [0.4, 0.5) is 0 Å². The molecule has 5 nitrogen and oxygen atoms in total. The first-order valence-electron chi connectivity index (χ1n) is 7.58. The van der Waals surface area contributed by atoms with Crippen molar-refractivity contribution in [3.05, 3.63) is 17.6 Å². The number of nitrogens with one attached hydrogen (secondary N) is 2. The second kappa shape index (κ2) is 6.10. The van der Waals surface area contributed by atoms with Crippen molar-refractivity contribution in [2.24, 2.45) is 5.41 Å². The summed E-state index contributed by atoms with van der Waals surface area (Å²) in [7, 11) is -3.52. The van der Waals surface area contributed by atoms with E-state index in [0.29, 0.717) is 18.1 Å². The minimum Gasteiger partial charge on any atom is -0.464 e.